The smallest absolute Gasteiger partial charge is 0.357 e. The van der Waals surface area contributed by atoms with E-state index in [1.807, 2.05) is 0 Å². The van der Waals surface area contributed by atoms with Crippen LogP contribution in [0.25, 0.3) is 0 Å². The van der Waals surface area contributed by atoms with E-state index in [9.17, 15) is 24.0 Å². The molecule has 0 spiro atoms. The number of aromatic nitrogens is 1. The summed E-state index contributed by atoms with van der Waals surface area (Å²) in [5.41, 5.74) is 4.65. The summed E-state index contributed by atoms with van der Waals surface area (Å²) in [6.45, 7) is 7.91. The van der Waals surface area contributed by atoms with Gasteiger partial charge in [-0.3, -0.25) is 24.1 Å². The summed E-state index contributed by atoms with van der Waals surface area (Å²) in [6.07, 6.45) is 0.363. The third kappa shape index (κ3) is 7.50. The van der Waals surface area contributed by atoms with Crippen LogP contribution >= 0.6 is 35.5 Å². The van der Waals surface area contributed by atoms with Crippen LogP contribution in [0.5, 0.6) is 0 Å². The molecule has 2 aliphatic rings. The molecule has 0 aliphatic carbocycles. The lowest BCUT2D eigenvalue weighted by Crippen LogP contribution is -2.70. The maximum Gasteiger partial charge on any atom is 0.357 e. The maximum absolute atomic E-state index is 13.0. The number of thiazole rings is 1. The Bertz CT molecular complexity index is 1230. The van der Waals surface area contributed by atoms with Gasteiger partial charge in [0.25, 0.3) is 11.8 Å². The van der Waals surface area contributed by atoms with E-state index in [1.165, 1.54) is 49.1 Å². The fourth-order valence-electron chi connectivity index (χ4n) is 3.26. The third-order valence-corrected chi connectivity index (χ3v) is 7.23. The predicted molar refractivity (Wildman–Crippen MR) is 149 cm³/mol. The fraction of sp³-hybridized carbons (Fsp3) is 0.522. The molecule has 14 nitrogen and oxygen atoms in total. The van der Waals surface area contributed by atoms with Crippen molar-refractivity contribution in [3.8, 4) is 0 Å². The zero-order valence-electron chi connectivity index (χ0n) is 22.6. The summed E-state index contributed by atoms with van der Waals surface area (Å²) in [7, 11) is 1.24. The van der Waals surface area contributed by atoms with Gasteiger partial charge < -0.3 is 30.7 Å². The van der Waals surface area contributed by atoms with Gasteiger partial charge in [-0.05, 0) is 33.8 Å². The molecule has 4 atom stereocenters. The quantitative estimate of drug-likeness (QED) is 0.117. The number of nitrogens with one attached hydrogen (secondary N) is 2. The number of hydrogen-bond donors (Lipinski definition) is 3. The summed E-state index contributed by atoms with van der Waals surface area (Å²) < 4.78 is 10.4. The molecule has 2 aliphatic heterocycles. The van der Waals surface area contributed by atoms with Crippen LogP contribution in [0, 0.1) is 5.41 Å². The van der Waals surface area contributed by atoms with Crippen molar-refractivity contribution < 1.29 is 38.3 Å². The second-order valence-corrected chi connectivity index (χ2v) is 11.5. The van der Waals surface area contributed by atoms with Crippen LogP contribution in [0.15, 0.2) is 22.3 Å². The van der Waals surface area contributed by atoms with Gasteiger partial charge in [-0.2, -0.15) is 0 Å². The Morgan fingerprint density at radius 2 is 1.90 bits per heavy atom. The van der Waals surface area contributed by atoms with Gasteiger partial charge in [0.2, 0.25) is 12.2 Å². The average molecular weight is 619 g/mol. The van der Waals surface area contributed by atoms with Crippen molar-refractivity contribution in [2.45, 2.75) is 58.4 Å². The lowest BCUT2D eigenvalue weighted by Gasteiger charge is -2.48. The first-order chi connectivity index (χ1) is 18.2. The number of fused-ring (bicyclic) bond motifs is 1. The van der Waals surface area contributed by atoms with Gasteiger partial charge in [-0.15, -0.1) is 35.5 Å². The Balaban J connectivity index is 0.00000560. The highest BCUT2D eigenvalue weighted by Crippen LogP contribution is 2.38. The monoisotopic (exact) mass is 618 g/mol. The van der Waals surface area contributed by atoms with E-state index >= 15 is 0 Å². The number of oxime groups is 1. The molecule has 1 fully saturated rings. The van der Waals surface area contributed by atoms with E-state index in [0.717, 1.165) is 11.3 Å². The van der Waals surface area contributed by atoms with Crippen LogP contribution in [-0.2, 0) is 38.3 Å². The predicted octanol–water partition coefficient (Wildman–Crippen LogP) is 0.963. The summed E-state index contributed by atoms with van der Waals surface area (Å²) in [5, 5.41) is 9.97. The zero-order chi connectivity index (χ0) is 29.1. The number of amides is 3. The number of ether oxygens (including phenoxy) is 2. The number of rotatable bonds is 9. The van der Waals surface area contributed by atoms with Gasteiger partial charge in [-0.1, -0.05) is 5.16 Å². The van der Waals surface area contributed by atoms with Gasteiger partial charge >= 0.3 is 11.9 Å². The van der Waals surface area contributed by atoms with Gasteiger partial charge in [0, 0.05) is 18.1 Å². The number of anilines is 1. The highest BCUT2D eigenvalue weighted by Gasteiger charge is 2.53. The summed E-state index contributed by atoms with van der Waals surface area (Å²) in [6, 6.07) is -1.72. The Labute approximate surface area is 244 Å². The van der Waals surface area contributed by atoms with Crippen molar-refractivity contribution in [1.29, 1.82) is 0 Å². The molecular formula is C23H31ClN6O8S2. The van der Waals surface area contributed by atoms with Crippen LogP contribution in [0.1, 0.15) is 40.3 Å². The fourth-order valence-corrected chi connectivity index (χ4v) is 5.15. The Morgan fingerprint density at radius 1 is 1.23 bits per heavy atom. The molecule has 2 unspecified atom stereocenters. The molecule has 0 radical (unpaired) electrons. The van der Waals surface area contributed by atoms with E-state index < -0.39 is 58.8 Å². The first-order valence-electron chi connectivity index (χ1n) is 11.8. The van der Waals surface area contributed by atoms with Crippen LogP contribution in [0.4, 0.5) is 5.13 Å². The van der Waals surface area contributed by atoms with Gasteiger partial charge in [0.05, 0.1) is 11.5 Å². The summed E-state index contributed by atoms with van der Waals surface area (Å²) >= 11 is 2.38. The van der Waals surface area contributed by atoms with Gasteiger partial charge in [-0.25, -0.2) is 9.78 Å². The van der Waals surface area contributed by atoms with E-state index in [1.54, 1.807) is 20.8 Å². The number of carbonyl (C=O) groups excluding carboxylic acids is 5. The number of nitrogens with two attached hydrogens (primary N) is 1. The SMILES string of the molecule is CON=C(C(=O)NC1C(=O)N2C(C(=O)OC(C)OC(=O)C(C)(C)C)=CCS[C@H]12)c1csc(NC(=O)[C@H](C)N)n1.Cl. The van der Waals surface area contributed by atoms with E-state index in [4.69, 9.17) is 20.0 Å². The topological polar surface area (TPSA) is 192 Å². The molecule has 17 heteroatoms. The number of nitrogens with zero attached hydrogens (tertiary/aromatic N) is 3. The molecule has 3 amide bonds. The number of esters is 2. The molecule has 1 aromatic heterocycles. The average Bonchev–Trinajstić information content (AvgIpc) is 3.31. The first kappa shape index (κ1) is 33.0. The molecule has 220 valence electrons. The largest absolute Gasteiger partial charge is 0.425 e. The number of β-lactam (4-membered cyclic amide) rings is 1. The molecule has 40 heavy (non-hydrogen) atoms. The second-order valence-electron chi connectivity index (χ2n) is 9.54. The van der Waals surface area contributed by atoms with Crippen molar-refractivity contribution in [3.63, 3.8) is 0 Å². The third-order valence-electron chi connectivity index (χ3n) is 5.29. The maximum atomic E-state index is 13.0. The number of halogens is 1. The summed E-state index contributed by atoms with van der Waals surface area (Å²) in [4.78, 5) is 72.8. The standard InChI is InChI=1S/C23H30N6O8S2.ClH/c1-10(24)16(30)27-22-25-12(9-39-22)14(28-35-6)17(31)26-15-18(32)29-13(7-8-38-19(15)29)20(33)36-11(2)37-21(34)23(3,4)5;/h7,9-11,15,19H,8,24H2,1-6H3,(H,26,31)(H,25,27,30);1H/t10-,11?,15?,19+;/m0./s1. The molecule has 0 saturated carbocycles. The first-order valence-corrected chi connectivity index (χ1v) is 13.7. The molecule has 3 rings (SSSR count). The lowest BCUT2D eigenvalue weighted by atomic mass is 9.97. The van der Waals surface area contributed by atoms with Crippen molar-refractivity contribution in [2.24, 2.45) is 16.3 Å². The van der Waals surface area contributed by atoms with Crippen molar-refractivity contribution in [1.82, 2.24) is 15.2 Å². The lowest BCUT2D eigenvalue weighted by molar-refractivity contribution is -0.189. The van der Waals surface area contributed by atoms with Crippen LogP contribution in [0.2, 0.25) is 0 Å². The Hall–Kier alpha value is -3.21. The number of thioether (sulfide) groups is 1. The number of hydrogen-bond acceptors (Lipinski definition) is 13. The minimum atomic E-state index is -1.17. The molecule has 4 N–H and O–H groups in total. The highest BCUT2D eigenvalue weighted by molar-refractivity contribution is 8.00. The van der Waals surface area contributed by atoms with Crippen LogP contribution in [0.3, 0.4) is 0 Å². The van der Waals surface area contributed by atoms with E-state index in [0.29, 0.717) is 5.75 Å². The number of carbonyl (C=O) groups is 5. The van der Waals surface area contributed by atoms with Crippen molar-refractivity contribution in [2.75, 3.05) is 18.2 Å². The Kier molecular flexibility index (Phi) is 11.1. The van der Waals surface area contributed by atoms with Gasteiger partial charge in [0.15, 0.2) is 10.8 Å². The molecule has 0 aromatic carbocycles. The molecule has 3 heterocycles. The molecular weight excluding hydrogens is 588 g/mol. The minimum absolute atomic E-state index is 0. The van der Waals surface area contributed by atoms with Crippen LogP contribution in [-0.4, -0.2) is 81.9 Å². The molecule has 1 saturated heterocycles. The van der Waals surface area contributed by atoms with Crippen molar-refractivity contribution in [3.05, 3.63) is 22.8 Å². The van der Waals surface area contributed by atoms with E-state index in [2.05, 4.69) is 20.8 Å². The molecule has 1 aromatic rings. The van der Waals surface area contributed by atoms with E-state index in [-0.39, 0.29) is 34.6 Å². The zero-order valence-corrected chi connectivity index (χ0v) is 25.0. The van der Waals surface area contributed by atoms with Gasteiger partial charge in [0.1, 0.15) is 29.9 Å². The summed E-state index contributed by atoms with van der Waals surface area (Å²) in [5.74, 6) is -2.75. The van der Waals surface area contributed by atoms with Crippen molar-refractivity contribution >= 4 is 76.0 Å². The molecule has 0 bridgehead atoms. The minimum Gasteiger partial charge on any atom is -0.425 e. The normalized spacial score (nSPS) is 20.0. The Morgan fingerprint density at radius 3 is 2.50 bits per heavy atom. The second kappa shape index (κ2) is 13.4. The highest BCUT2D eigenvalue weighted by atomic mass is 35.5. The van der Waals surface area contributed by atoms with Crippen LogP contribution < -0.4 is 16.4 Å².